The van der Waals surface area contributed by atoms with Gasteiger partial charge in [-0.3, -0.25) is 4.79 Å². The van der Waals surface area contributed by atoms with Crippen LogP contribution in [0.1, 0.15) is 39.2 Å². The Morgan fingerprint density at radius 1 is 1.39 bits per heavy atom. The van der Waals surface area contributed by atoms with Gasteiger partial charge >= 0.3 is 6.03 Å². The summed E-state index contributed by atoms with van der Waals surface area (Å²) in [6.45, 7) is 6.01. The van der Waals surface area contributed by atoms with E-state index in [0.29, 0.717) is 24.3 Å². The summed E-state index contributed by atoms with van der Waals surface area (Å²) < 4.78 is 5.41. The van der Waals surface area contributed by atoms with Crippen molar-refractivity contribution < 1.29 is 19.4 Å². The molecular weight excluding hydrogens is 298 g/mol. The third-order valence-corrected chi connectivity index (χ3v) is 3.73. The number of imide groups is 1. The Morgan fingerprint density at radius 3 is 2.70 bits per heavy atom. The highest BCUT2D eigenvalue weighted by Gasteiger charge is 2.46. The standard InChI is InChI=1S/C16H21N3O4/c1-4-8-23-12-7-6-11(13(20)9-12)10-17-19-14(21)16(3,5-2)18-15(19)22/h6-7,9-10,20H,4-5,8H2,1-3H3,(H,18,22)/b17-10+. The summed E-state index contributed by atoms with van der Waals surface area (Å²) in [6, 6.07) is 4.21. The number of hydrogen-bond acceptors (Lipinski definition) is 5. The maximum atomic E-state index is 12.2. The van der Waals surface area contributed by atoms with Crippen LogP contribution >= 0.6 is 0 Å². The Kier molecular flexibility index (Phi) is 4.88. The maximum Gasteiger partial charge on any atom is 0.346 e. The first-order chi connectivity index (χ1) is 10.9. The summed E-state index contributed by atoms with van der Waals surface area (Å²) >= 11 is 0. The molecule has 1 aromatic rings. The fourth-order valence-electron chi connectivity index (χ4n) is 2.08. The molecule has 1 saturated heterocycles. The number of phenolic OH excluding ortho intramolecular Hbond substituents is 1. The van der Waals surface area contributed by atoms with Crippen LogP contribution in [-0.2, 0) is 4.79 Å². The van der Waals surface area contributed by atoms with Gasteiger partial charge in [-0.15, -0.1) is 5.01 Å². The van der Waals surface area contributed by atoms with Crippen LogP contribution in [0.4, 0.5) is 4.79 Å². The number of phenols is 1. The van der Waals surface area contributed by atoms with Crippen LogP contribution < -0.4 is 10.1 Å². The SMILES string of the molecule is CCCOc1ccc(/C=N/N2C(=O)NC(C)(CC)C2=O)c(O)c1. The Hall–Kier alpha value is -2.57. The lowest BCUT2D eigenvalue weighted by molar-refractivity contribution is -0.130. The second-order valence-electron chi connectivity index (χ2n) is 5.55. The zero-order valence-electron chi connectivity index (χ0n) is 13.5. The van der Waals surface area contributed by atoms with Crippen molar-refractivity contribution in [2.75, 3.05) is 6.61 Å². The van der Waals surface area contributed by atoms with Crippen LogP contribution in [0.15, 0.2) is 23.3 Å². The molecule has 0 aliphatic carbocycles. The quantitative estimate of drug-likeness (QED) is 0.621. The lowest BCUT2D eigenvalue weighted by atomic mass is 10.00. The van der Waals surface area contributed by atoms with Crippen LogP contribution in [0.25, 0.3) is 0 Å². The molecule has 0 spiro atoms. The number of urea groups is 1. The van der Waals surface area contributed by atoms with Gasteiger partial charge in [0, 0.05) is 11.6 Å². The number of amides is 3. The molecule has 0 radical (unpaired) electrons. The van der Waals surface area contributed by atoms with Gasteiger partial charge in [-0.05, 0) is 31.9 Å². The van der Waals surface area contributed by atoms with Gasteiger partial charge in [-0.1, -0.05) is 13.8 Å². The van der Waals surface area contributed by atoms with E-state index in [1.54, 1.807) is 19.1 Å². The first-order valence-corrected chi connectivity index (χ1v) is 7.57. The van der Waals surface area contributed by atoms with E-state index in [2.05, 4.69) is 10.4 Å². The smallest absolute Gasteiger partial charge is 0.346 e. The molecule has 3 amide bonds. The minimum Gasteiger partial charge on any atom is -0.507 e. The van der Waals surface area contributed by atoms with Gasteiger partial charge in [-0.25, -0.2) is 4.79 Å². The van der Waals surface area contributed by atoms with E-state index in [1.165, 1.54) is 12.3 Å². The average Bonchev–Trinajstić information content (AvgIpc) is 2.75. The third-order valence-electron chi connectivity index (χ3n) is 3.73. The number of aromatic hydroxyl groups is 1. The molecule has 0 saturated carbocycles. The molecule has 2 rings (SSSR count). The monoisotopic (exact) mass is 319 g/mol. The van der Waals surface area contributed by atoms with Gasteiger partial charge in [0.25, 0.3) is 5.91 Å². The topological polar surface area (TPSA) is 91.2 Å². The van der Waals surface area contributed by atoms with Gasteiger partial charge in [-0.2, -0.15) is 5.10 Å². The lowest BCUT2D eigenvalue weighted by Crippen LogP contribution is -2.42. The van der Waals surface area contributed by atoms with Gasteiger partial charge < -0.3 is 15.2 Å². The summed E-state index contributed by atoms with van der Waals surface area (Å²) in [4.78, 5) is 24.0. The predicted molar refractivity (Wildman–Crippen MR) is 85.6 cm³/mol. The van der Waals surface area contributed by atoms with Crippen molar-refractivity contribution in [1.82, 2.24) is 10.3 Å². The highest BCUT2D eigenvalue weighted by atomic mass is 16.5. The van der Waals surface area contributed by atoms with Crippen molar-refractivity contribution >= 4 is 18.2 Å². The van der Waals surface area contributed by atoms with Gasteiger partial charge in [0.05, 0.1) is 12.8 Å². The van der Waals surface area contributed by atoms with E-state index in [4.69, 9.17) is 4.74 Å². The number of benzene rings is 1. The van der Waals surface area contributed by atoms with Crippen LogP contribution in [0.2, 0.25) is 0 Å². The lowest BCUT2D eigenvalue weighted by Gasteiger charge is -2.17. The van der Waals surface area contributed by atoms with Crippen LogP contribution in [0.5, 0.6) is 11.5 Å². The summed E-state index contributed by atoms with van der Waals surface area (Å²) in [6.07, 6.45) is 2.61. The highest BCUT2D eigenvalue weighted by molar-refractivity contribution is 6.07. The van der Waals surface area contributed by atoms with Gasteiger partial charge in [0.2, 0.25) is 0 Å². The summed E-state index contributed by atoms with van der Waals surface area (Å²) in [5.41, 5.74) is -0.548. The van der Waals surface area contributed by atoms with Gasteiger partial charge in [0.1, 0.15) is 17.0 Å². The fourth-order valence-corrected chi connectivity index (χ4v) is 2.08. The van der Waals surface area contributed by atoms with Crippen LogP contribution in [0, 0.1) is 0 Å². The minimum absolute atomic E-state index is 0.0346. The Bertz CT molecular complexity index is 644. The molecule has 124 valence electrons. The van der Waals surface area contributed by atoms with Crippen molar-refractivity contribution in [3.8, 4) is 11.5 Å². The molecule has 0 aromatic heterocycles. The second kappa shape index (κ2) is 6.68. The molecular formula is C16H21N3O4. The highest BCUT2D eigenvalue weighted by Crippen LogP contribution is 2.24. The average molecular weight is 319 g/mol. The maximum absolute atomic E-state index is 12.2. The zero-order chi connectivity index (χ0) is 17.0. The molecule has 1 aromatic carbocycles. The van der Waals surface area contributed by atoms with E-state index >= 15 is 0 Å². The van der Waals surface area contributed by atoms with Crippen molar-refractivity contribution in [3.63, 3.8) is 0 Å². The molecule has 2 N–H and O–H groups in total. The number of nitrogens with one attached hydrogen (secondary N) is 1. The third kappa shape index (κ3) is 3.44. The van der Waals surface area contributed by atoms with Crippen molar-refractivity contribution in [2.24, 2.45) is 5.10 Å². The van der Waals surface area contributed by atoms with Gasteiger partial charge in [0.15, 0.2) is 0 Å². The molecule has 1 unspecified atom stereocenters. The van der Waals surface area contributed by atoms with E-state index in [-0.39, 0.29) is 5.75 Å². The normalized spacial score (nSPS) is 21.1. The number of carbonyl (C=O) groups excluding carboxylic acids is 2. The van der Waals surface area contributed by atoms with Crippen molar-refractivity contribution in [3.05, 3.63) is 23.8 Å². The molecule has 1 atom stereocenters. The number of hydrazone groups is 1. The summed E-state index contributed by atoms with van der Waals surface area (Å²) in [5, 5.41) is 17.3. The number of hydrogen-bond donors (Lipinski definition) is 2. The second-order valence-corrected chi connectivity index (χ2v) is 5.55. The molecule has 7 heteroatoms. The van der Waals surface area contributed by atoms with Crippen molar-refractivity contribution in [1.29, 1.82) is 0 Å². The molecule has 1 fully saturated rings. The zero-order valence-corrected chi connectivity index (χ0v) is 13.5. The Labute approximate surface area is 134 Å². The molecule has 23 heavy (non-hydrogen) atoms. The predicted octanol–water partition coefficient (Wildman–Crippen LogP) is 2.24. The molecule has 0 bridgehead atoms. The van der Waals surface area contributed by atoms with Crippen LogP contribution in [0.3, 0.4) is 0 Å². The molecule has 1 heterocycles. The van der Waals surface area contributed by atoms with E-state index in [1.807, 2.05) is 13.8 Å². The first kappa shape index (κ1) is 16.8. The summed E-state index contributed by atoms with van der Waals surface area (Å²) in [7, 11) is 0. The molecule has 1 aliphatic rings. The van der Waals surface area contributed by atoms with E-state index < -0.39 is 17.5 Å². The number of rotatable bonds is 6. The van der Waals surface area contributed by atoms with Crippen molar-refractivity contribution in [2.45, 2.75) is 39.2 Å². The van der Waals surface area contributed by atoms with E-state index in [0.717, 1.165) is 11.4 Å². The molecule has 1 aliphatic heterocycles. The Balaban J connectivity index is 2.14. The largest absolute Gasteiger partial charge is 0.507 e. The molecule has 7 nitrogen and oxygen atoms in total. The summed E-state index contributed by atoms with van der Waals surface area (Å²) in [5.74, 6) is 0.103. The minimum atomic E-state index is -0.936. The Morgan fingerprint density at radius 2 is 2.13 bits per heavy atom. The number of carbonyl (C=O) groups is 2. The number of ether oxygens (including phenoxy) is 1. The first-order valence-electron chi connectivity index (χ1n) is 7.57. The fraction of sp³-hybridized carbons (Fsp3) is 0.438. The van der Waals surface area contributed by atoms with E-state index in [9.17, 15) is 14.7 Å². The van der Waals surface area contributed by atoms with Crippen LogP contribution in [-0.4, -0.2) is 40.4 Å². The number of nitrogens with zero attached hydrogens (tertiary/aromatic N) is 2.